The molecule has 2 N–H and O–H groups in total. The molecule has 7 heteroatoms. The Hall–Kier alpha value is -2.31. The molecule has 4 saturated carbocycles. The van der Waals surface area contributed by atoms with Crippen molar-refractivity contribution in [1.29, 1.82) is 0 Å². The predicted molar refractivity (Wildman–Crippen MR) is 100 cm³/mol. The van der Waals surface area contributed by atoms with Crippen molar-refractivity contribution in [2.24, 2.45) is 23.2 Å². The third-order valence-corrected chi connectivity index (χ3v) is 6.88. The number of esters is 1. The Kier molecular flexibility index (Phi) is 5.17. The van der Waals surface area contributed by atoms with Crippen LogP contribution in [0.2, 0.25) is 0 Å². The molecule has 152 valence electrons. The first-order chi connectivity index (χ1) is 13.4. The fraction of sp³-hybridized carbons (Fsp3) is 0.667. The summed E-state index contributed by atoms with van der Waals surface area (Å²) in [5.74, 6) is 1.15. The maximum Gasteiger partial charge on any atom is 0.325 e. The van der Waals surface area contributed by atoms with Gasteiger partial charge in [0, 0.05) is 6.04 Å². The molecular weight excluding hydrogens is 360 g/mol. The molecule has 4 aliphatic carbocycles. The van der Waals surface area contributed by atoms with Gasteiger partial charge < -0.3 is 19.8 Å². The van der Waals surface area contributed by atoms with Crippen molar-refractivity contribution in [1.82, 2.24) is 10.6 Å². The van der Waals surface area contributed by atoms with Gasteiger partial charge in [-0.3, -0.25) is 14.4 Å². The second-order valence-electron chi connectivity index (χ2n) is 8.89. The lowest BCUT2D eigenvalue weighted by atomic mass is 9.48. The van der Waals surface area contributed by atoms with E-state index >= 15 is 0 Å². The van der Waals surface area contributed by atoms with Gasteiger partial charge in [-0.15, -0.1) is 0 Å². The average Bonchev–Trinajstić information content (AvgIpc) is 3.18. The van der Waals surface area contributed by atoms with Gasteiger partial charge in [0.2, 0.25) is 0 Å². The van der Waals surface area contributed by atoms with Crippen LogP contribution in [0.3, 0.4) is 0 Å². The van der Waals surface area contributed by atoms with E-state index in [1.165, 1.54) is 50.9 Å². The highest BCUT2D eigenvalue weighted by Crippen LogP contribution is 2.61. The van der Waals surface area contributed by atoms with E-state index in [2.05, 4.69) is 17.6 Å². The summed E-state index contributed by atoms with van der Waals surface area (Å²) in [5.41, 5.74) is 0.214. The third kappa shape index (κ3) is 3.93. The van der Waals surface area contributed by atoms with Crippen LogP contribution in [0, 0.1) is 23.2 Å². The van der Waals surface area contributed by atoms with Crippen LogP contribution in [0.4, 0.5) is 0 Å². The SMILES string of the molecule is C[C@H](NC(=O)COC(=O)CNC(=O)c1ccco1)C12CC3CC(CC(C3)C1)C2. The van der Waals surface area contributed by atoms with Crippen molar-refractivity contribution in [2.75, 3.05) is 13.2 Å². The molecule has 4 aliphatic rings. The van der Waals surface area contributed by atoms with E-state index in [-0.39, 0.29) is 36.3 Å². The predicted octanol–water partition coefficient (Wildman–Crippen LogP) is 2.27. The van der Waals surface area contributed by atoms with Crippen LogP contribution in [-0.2, 0) is 14.3 Å². The van der Waals surface area contributed by atoms with Crippen molar-refractivity contribution < 1.29 is 23.5 Å². The van der Waals surface area contributed by atoms with Crippen molar-refractivity contribution >= 4 is 17.8 Å². The Morgan fingerprint density at radius 1 is 1.18 bits per heavy atom. The van der Waals surface area contributed by atoms with Gasteiger partial charge in [-0.05, 0) is 80.8 Å². The molecule has 2 amide bonds. The quantitative estimate of drug-likeness (QED) is 0.699. The van der Waals surface area contributed by atoms with E-state index in [0.717, 1.165) is 17.8 Å². The summed E-state index contributed by atoms with van der Waals surface area (Å²) < 4.78 is 9.94. The summed E-state index contributed by atoms with van der Waals surface area (Å²) in [4.78, 5) is 35.8. The van der Waals surface area contributed by atoms with Crippen molar-refractivity contribution in [3.63, 3.8) is 0 Å². The van der Waals surface area contributed by atoms with E-state index in [1.54, 1.807) is 6.07 Å². The van der Waals surface area contributed by atoms with Gasteiger partial charge in [-0.1, -0.05) is 0 Å². The number of hydrogen-bond acceptors (Lipinski definition) is 5. The average molecular weight is 388 g/mol. The fourth-order valence-corrected chi connectivity index (χ4v) is 5.99. The number of hydrogen-bond donors (Lipinski definition) is 2. The lowest BCUT2D eigenvalue weighted by Gasteiger charge is -2.59. The summed E-state index contributed by atoms with van der Waals surface area (Å²) >= 11 is 0. The number of amides is 2. The van der Waals surface area contributed by atoms with Crippen molar-refractivity contribution in [2.45, 2.75) is 51.5 Å². The Labute approximate surface area is 164 Å². The van der Waals surface area contributed by atoms with Crippen LogP contribution < -0.4 is 10.6 Å². The number of ether oxygens (including phenoxy) is 1. The molecule has 4 bridgehead atoms. The summed E-state index contributed by atoms with van der Waals surface area (Å²) in [6.07, 6.45) is 9.09. The Balaban J connectivity index is 1.20. The van der Waals surface area contributed by atoms with Gasteiger partial charge in [-0.2, -0.15) is 0 Å². The molecule has 0 unspecified atom stereocenters. The van der Waals surface area contributed by atoms with Crippen LogP contribution in [0.5, 0.6) is 0 Å². The van der Waals surface area contributed by atoms with Gasteiger partial charge in [0.1, 0.15) is 6.54 Å². The summed E-state index contributed by atoms with van der Waals surface area (Å²) in [7, 11) is 0. The minimum Gasteiger partial charge on any atom is -0.459 e. The maximum atomic E-state index is 12.3. The van der Waals surface area contributed by atoms with E-state index < -0.39 is 11.9 Å². The van der Waals surface area contributed by atoms with Crippen LogP contribution >= 0.6 is 0 Å². The topological polar surface area (TPSA) is 97.6 Å². The number of carbonyl (C=O) groups is 3. The lowest BCUT2D eigenvalue weighted by molar-refractivity contribution is -0.148. The van der Waals surface area contributed by atoms with Crippen LogP contribution in [0.15, 0.2) is 22.8 Å². The van der Waals surface area contributed by atoms with Crippen molar-refractivity contribution in [3.8, 4) is 0 Å². The largest absolute Gasteiger partial charge is 0.459 e. The first-order valence-electron chi connectivity index (χ1n) is 10.2. The van der Waals surface area contributed by atoms with E-state index in [4.69, 9.17) is 9.15 Å². The number of nitrogens with one attached hydrogen (secondary N) is 2. The number of carbonyl (C=O) groups excluding carboxylic acids is 3. The summed E-state index contributed by atoms with van der Waals surface area (Å²) in [6, 6.07) is 3.17. The molecule has 0 aliphatic heterocycles. The van der Waals surface area contributed by atoms with Gasteiger partial charge in [-0.25, -0.2) is 0 Å². The van der Waals surface area contributed by atoms with Crippen LogP contribution in [-0.4, -0.2) is 37.0 Å². The molecular formula is C21H28N2O5. The minimum absolute atomic E-state index is 0.0887. The Bertz CT molecular complexity index is 707. The number of furan rings is 1. The van der Waals surface area contributed by atoms with Gasteiger partial charge >= 0.3 is 5.97 Å². The fourth-order valence-electron chi connectivity index (χ4n) is 5.99. The molecule has 1 atom stereocenters. The highest BCUT2D eigenvalue weighted by molar-refractivity contribution is 5.93. The van der Waals surface area contributed by atoms with Crippen LogP contribution in [0.25, 0.3) is 0 Å². The molecule has 1 heterocycles. The second kappa shape index (κ2) is 7.60. The molecule has 28 heavy (non-hydrogen) atoms. The summed E-state index contributed by atoms with van der Waals surface area (Å²) in [6.45, 7) is 1.46. The minimum atomic E-state index is -0.655. The molecule has 0 saturated heterocycles. The smallest absolute Gasteiger partial charge is 0.325 e. The first-order valence-corrected chi connectivity index (χ1v) is 10.2. The highest BCUT2D eigenvalue weighted by Gasteiger charge is 2.53. The zero-order valence-corrected chi connectivity index (χ0v) is 16.2. The summed E-state index contributed by atoms with van der Waals surface area (Å²) in [5, 5.41) is 5.46. The van der Waals surface area contributed by atoms with E-state index in [9.17, 15) is 14.4 Å². The standard InChI is InChI=1S/C21H28N2O5/c1-13(21-8-14-5-15(9-21)7-16(6-14)10-21)23-18(24)12-28-19(25)11-22-20(26)17-3-2-4-27-17/h2-4,13-16H,5-12H2,1H3,(H,22,26)(H,23,24)/t13-,14?,15?,16?,21?/m0/s1. The zero-order chi connectivity index (χ0) is 19.7. The molecule has 0 aromatic carbocycles. The van der Waals surface area contributed by atoms with Gasteiger partial charge in [0.25, 0.3) is 11.8 Å². The molecule has 5 rings (SSSR count). The Morgan fingerprint density at radius 3 is 2.39 bits per heavy atom. The van der Waals surface area contributed by atoms with E-state index in [1.807, 2.05) is 0 Å². The van der Waals surface area contributed by atoms with Crippen molar-refractivity contribution in [3.05, 3.63) is 24.2 Å². The molecule has 4 fully saturated rings. The highest BCUT2D eigenvalue weighted by atomic mass is 16.5. The third-order valence-electron chi connectivity index (χ3n) is 6.88. The molecule has 0 spiro atoms. The van der Waals surface area contributed by atoms with Gasteiger partial charge in [0.15, 0.2) is 12.4 Å². The van der Waals surface area contributed by atoms with Crippen LogP contribution in [0.1, 0.15) is 56.0 Å². The molecule has 1 aromatic rings. The molecule has 7 nitrogen and oxygen atoms in total. The molecule has 1 aromatic heterocycles. The lowest BCUT2D eigenvalue weighted by Crippen LogP contribution is -2.56. The zero-order valence-electron chi connectivity index (χ0n) is 16.2. The normalized spacial score (nSPS) is 31.2. The first kappa shape index (κ1) is 19.0. The van der Waals surface area contributed by atoms with Gasteiger partial charge in [0.05, 0.1) is 6.26 Å². The second-order valence-corrected chi connectivity index (χ2v) is 8.89. The number of rotatable bonds is 7. The maximum absolute atomic E-state index is 12.3. The monoisotopic (exact) mass is 388 g/mol. The van der Waals surface area contributed by atoms with E-state index in [0.29, 0.717) is 0 Å². The molecule has 0 radical (unpaired) electrons. The Morgan fingerprint density at radius 2 is 1.82 bits per heavy atom.